The molecule has 0 unspecified atom stereocenters. The topological polar surface area (TPSA) is 44.9 Å². The van der Waals surface area contributed by atoms with Gasteiger partial charge in [0.1, 0.15) is 5.82 Å². The van der Waals surface area contributed by atoms with Crippen molar-refractivity contribution in [3.63, 3.8) is 0 Å². The molecule has 1 aromatic heterocycles. The summed E-state index contributed by atoms with van der Waals surface area (Å²) in [5, 5.41) is 3.39. The zero-order chi connectivity index (χ0) is 18.0. The summed E-state index contributed by atoms with van der Waals surface area (Å²) in [5.74, 6) is -0.804. The van der Waals surface area contributed by atoms with Crippen LogP contribution in [-0.4, -0.2) is 17.4 Å². The van der Waals surface area contributed by atoms with Crippen molar-refractivity contribution >= 4 is 16.8 Å². The van der Waals surface area contributed by atoms with Crippen molar-refractivity contribution in [2.75, 3.05) is 6.54 Å². The van der Waals surface area contributed by atoms with Gasteiger partial charge in [0.15, 0.2) is 0 Å². The number of nitrogens with one attached hydrogen (secondary N) is 2. The molecule has 3 rings (SSSR count). The van der Waals surface area contributed by atoms with Crippen LogP contribution < -0.4 is 5.32 Å². The van der Waals surface area contributed by atoms with Crippen molar-refractivity contribution in [2.45, 2.75) is 12.6 Å². The number of hydrogen-bond donors (Lipinski definition) is 2. The molecule has 0 aliphatic carbocycles. The van der Waals surface area contributed by atoms with E-state index in [0.717, 1.165) is 40.7 Å². The average Bonchev–Trinajstić information content (AvgIpc) is 2.96. The van der Waals surface area contributed by atoms with Gasteiger partial charge in [-0.3, -0.25) is 4.79 Å². The van der Waals surface area contributed by atoms with E-state index in [9.17, 15) is 22.4 Å². The van der Waals surface area contributed by atoms with E-state index in [1.54, 1.807) is 12.3 Å². The number of benzene rings is 2. The molecule has 7 heteroatoms. The lowest BCUT2D eigenvalue weighted by Crippen LogP contribution is -2.25. The van der Waals surface area contributed by atoms with Crippen LogP contribution in [0.2, 0.25) is 0 Å². The van der Waals surface area contributed by atoms with Crippen LogP contribution in [0.5, 0.6) is 0 Å². The van der Waals surface area contributed by atoms with Crippen LogP contribution in [0.25, 0.3) is 10.9 Å². The number of aromatic amines is 1. The van der Waals surface area contributed by atoms with Crippen LogP contribution in [-0.2, 0) is 12.6 Å². The molecule has 3 aromatic rings. The summed E-state index contributed by atoms with van der Waals surface area (Å²) in [5.41, 5.74) is 0.996. The Kier molecular flexibility index (Phi) is 4.48. The second-order valence-corrected chi connectivity index (χ2v) is 5.58. The number of hydrogen-bond acceptors (Lipinski definition) is 1. The second kappa shape index (κ2) is 6.58. The molecule has 2 N–H and O–H groups in total. The van der Waals surface area contributed by atoms with Crippen LogP contribution in [0.1, 0.15) is 21.5 Å². The Hall–Kier alpha value is -2.83. The first kappa shape index (κ1) is 17.0. The molecule has 0 spiro atoms. The van der Waals surface area contributed by atoms with Crippen molar-refractivity contribution in [2.24, 2.45) is 0 Å². The van der Waals surface area contributed by atoms with Crippen LogP contribution in [0.4, 0.5) is 17.6 Å². The predicted molar refractivity (Wildman–Crippen MR) is 85.7 cm³/mol. The molecule has 25 heavy (non-hydrogen) atoms. The van der Waals surface area contributed by atoms with Crippen LogP contribution in [0, 0.1) is 5.82 Å². The van der Waals surface area contributed by atoms with Gasteiger partial charge in [0.25, 0.3) is 5.91 Å². The van der Waals surface area contributed by atoms with E-state index >= 15 is 0 Å². The van der Waals surface area contributed by atoms with Gasteiger partial charge in [0, 0.05) is 29.2 Å². The highest BCUT2D eigenvalue weighted by molar-refractivity contribution is 5.94. The van der Waals surface area contributed by atoms with Gasteiger partial charge in [-0.15, -0.1) is 0 Å². The van der Waals surface area contributed by atoms with Crippen molar-refractivity contribution in [1.29, 1.82) is 0 Å². The molecule has 0 aliphatic heterocycles. The monoisotopic (exact) mass is 350 g/mol. The van der Waals surface area contributed by atoms with E-state index in [4.69, 9.17) is 0 Å². The molecule has 0 saturated carbocycles. The Morgan fingerprint density at radius 1 is 1.08 bits per heavy atom. The highest BCUT2D eigenvalue weighted by Crippen LogP contribution is 2.29. The molecule has 0 fully saturated rings. The quantitative estimate of drug-likeness (QED) is 0.677. The number of halogens is 4. The lowest BCUT2D eigenvalue weighted by atomic mass is 10.1. The van der Waals surface area contributed by atoms with Gasteiger partial charge < -0.3 is 10.3 Å². The molecule has 2 aromatic carbocycles. The maximum absolute atomic E-state index is 13.3. The molecular formula is C18H14F4N2O. The maximum Gasteiger partial charge on any atom is 0.416 e. The highest BCUT2D eigenvalue weighted by atomic mass is 19.4. The third kappa shape index (κ3) is 3.81. The number of fused-ring (bicyclic) bond motifs is 1. The summed E-state index contributed by atoms with van der Waals surface area (Å²) in [6.07, 6.45) is -2.22. The first-order chi connectivity index (χ1) is 11.8. The van der Waals surface area contributed by atoms with E-state index in [1.165, 1.54) is 12.1 Å². The normalized spacial score (nSPS) is 11.7. The van der Waals surface area contributed by atoms with Crippen LogP contribution >= 0.6 is 0 Å². The summed E-state index contributed by atoms with van der Waals surface area (Å²) < 4.78 is 50.8. The summed E-state index contributed by atoms with van der Waals surface area (Å²) in [6, 6.07) is 8.43. The molecule has 0 radical (unpaired) electrons. The van der Waals surface area contributed by atoms with E-state index in [-0.39, 0.29) is 17.9 Å². The first-order valence-corrected chi connectivity index (χ1v) is 7.55. The van der Waals surface area contributed by atoms with E-state index in [2.05, 4.69) is 10.3 Å². The van der Waals surface area contributed by atoms with Crippen LogP contribution in [0.3, 0.4) is 0 Å². The Morgan fingerprint density at radius 3 is 2.48 bits per heavy atom. The molecule has 1 heterocycles. The smallest absolute Gasteiger partial charge is 0.361 e. The van der Waals surface area contributed by atoms with E-state index in [1.807, 2.05) is 0 Å². The molecule has 0 aliphatic rings. The Bertz CT molecular complexity index is 898. The predicted octanol–water partition coefficient (Wildman–Crippen LogP) is 4.30. The Balaban J connectivity index is 1.61. The zero-order valence-corrected chi connectivity index (χ0v) is 13.0. The number of alkyl halides is 3. The number of carbonyl (C=O) groups is 1. The lowest BCUT2D eigenvalue weighted by molar-refractivity contribution is -0.137. The molecule has 0 bridgehead atoms. The number of H-pyrrole nitrogens is 1. The van der Waals surface area contributed by atoms with Gasteiger partial charge >= 0.3 is 6.18 Å². The fourth-order valence-electron chi connectivity index (χ4n) is 2.58. The van der Waals surface area contributed by atoms with Gasteiger partial charge in [-0.25, -0.2) is 4.39 Å². The largest absolute Gasteiger partial charge is 0.416 e. The fraction of sp³-hybridized carbons (Fsp3) is 0.167. The molecule has 0 atom stereocenters. The SMILES string of the molecule is O=C(NCCc1c[nH]c2ccc(F)cc12)c1ccc(C(F)(F)F)cc1. The second-order valence-electron chi connectivity index (χ2n) is 5.58. The minimum atomic E-state index is -4.43. The first-order valence-electron chi connectivity index (χ1n) is 7.55. The average molecular weight is 350 g/mol. The third-order valence-corrected chi connectivity index (χ3v) is 3.88. The molecule has 1 amide bonds. The van der Waals surface area contributed by atoms with Crippen LogP contribution in [0.15, 0.2) is 48.7 Å². The van der Waals surface area contributed by atoms with Gasteiger partial charge in [-0.05, 0) is 54.4 Å². The van der Waals surface area contributed by atoms with Gasteiger partial charge in [-0.2, -0.15) is 13.2 Å². The summed E-state index contributed by atoms with van der Waals surface area (Å²) >= 11 is 0. The molecular weight excluding hydrogens is 336 g/mol. The molecule has 130 valence electrons. The van der Waals surface area contributed by atoms with Crippen molar-refractivity contribution in [3.8, 4) is 0 Å². The number of carbonyl (C=O) groups excluding carboxylic acids is 1. The molecule has 0 saturated heterocycles. The zero-order valence-electron chi connectivity index (χ0n) is 13.0. The minimum absolute atomic E-state index is 0.151. The number of aromatic nitrogens is 1. The molecule has 3 nitrogen and oxygen atoms in total. The summed E-state index contributed by atoms with van der Waals surface area (Å²) in [6.45, 7) is 0.281. The van der Waals surface area contributed by atoms with E-state index < -0.39 is 17.6 Å². The minimum Gasteiger partial charge on any atom is -0.361 e. The number of amides is 1. The maximum atomic E-state index is 13.3. The third-order valence-electron chi connectivity index (χ3n) is 3.88. The Morgan fingerprint density at radius 2 is 1.80 bits per heavy atom. The van der Waals surface area contributed by atoms with E-state index in [0.29, 0.717) is 6.42 Å². The van der Waals surface area contributed by atoms with Gasteiger partial charge in [0.2, 0.25) is 0 Å². The van der Waals surface area contributed by atoms with Crippen molar-refractivity contribution < 1.29 is 22.4 Å². The lowest BCUT2D eigenvalue weighted by Gasteiger charge is -2.08. The van der Waals surface area contributed by atoms with Gasteiger partial charge in [-0.1, -0.05) is 0 Å². The highest BCUT2D eigenvalue weighted by Gasteiger charge is 2.30. The fourth-order valence-corrected chi connectivity index (χ4v) is 2.58. The summed E-state index contributed by atoms with van der Waals surface area (Å²) in [7, 11) is 0. The summed E-state index contributed by atoms with van der Waals surface area (Å²) in [4.78, 5) is 15.0. The number of rotatable bonds is 4. The Labute approximate surface area is 140 Å². The van der Waals surface area contributed by atoms with Crippen molar-refractivity contribution in [3.05, 3.63) is 71.2 Å². The van der Waals surface area contributed by atoms with Crippen molar-refractivity contribution in [1.82, 2.24) is 10.3 Å². The van der Waals surface area contributed by atoms with Gasteiger partial charge in [0.05, 0.1) is 5.56 Å². The standard InChI is InChI=1S/C18H14F4N2O/c19-14-5-6-16-15(9-14)12(10-24-16)7-8-23-17(25)11-1-3-13(4-2-11)18(20,21)22/h1-6,9-10,24H,7-8H2,(H,23,25).